The Hall–Kier alpha value is -1.03. The number of nitrogens with one attached hydrogen (secondary N) is 1. The Morgan fingerprint density at radius 1 is 1.47 bits per heavy atom. The summed E-state index contributed by atoms with van der Waals surface area (Å²) in [5, 5.41) is 8.20. The predicted octanol–water partition coefficient (Wildman–Crippen LogP) is 1.17. The zero-order valence-corrected chi connectivity index (χ0v) is 10.8. The van der Waals surface area contributed by atoms with Crippen LogP contribution in [0.3, 0.4) is 0 Å². The molecular weight excluding hydrogens is 212 g/mol. The summed E-state index contributed by atoms with van der Waals surface area (Å²) in [6.07, 6.45) is 6.03. The third-order valence-electron chi connectivity index (χ3n) is 3.96. The number of rotatable bonds is 3. The Morgan fingerprint density at radius 2 is 2.29 bits per heavy atom. The largest absolute Gasteiger partial charge is 0.366 e. The fraction of sp³-hybridized carbons (Fsp3) is 0.769. The molecule has 1 saturated heterocycles. The van der Waals surface area contributed by atoms with Gasteiger partial charge in [-0.05, 0) is 25.2 Å². The first kappa shape index (κ1) is 11.1. The van der Waals surface area contributed by atoms with E-state index in [1.807, 2.05) is 11.7 Å². The monoisotopic (exact) mass is 234 g/mol. The summed E-state index contributed by atoms with van der Waals surface area (Å²) < 4.78 is 1.95. The van der Waals surface area contributed by atoms with Crippen LogP contribution in [0, 0.1) is 5.92 Å². The van der Waals surface area contributed by atoms with Gasteiger partial charge in [-0.15, -0.1) is 0 Å². The molecule has 4 heteroatoms. The van der Waals surface area contributed by atoms with Crippen LogP contribution in [0.5, 0.6) is 0 Å². The summed E-state index contributed by atoms with van der Waals surface area (Å²) in [5.41, 5.74) is 2.59. The van der Waals surface area contributed by atoms with Gasteiger partial charge in [-0.25, -0.2) is 0 Å². The SMILES string of the molecule is CCc1nn(C)cc1N1CCNC(C2CC2)C1. The van der Waals surface area contributed by atoms with Gasteiger partial charge in [0.25, 0.3) is 0 Å². The maximum atomic E-state index is 4.54. The summed E-state index contributed by atoms with van der Waals surface area (Å²) in [6, 6.07) is 0.702. The van der Waals surface area contributed by atoms with Crippen LogP contribution in [0.25, 0.3) is 0 Å². The fourth-order valence-corrected chi connectivity index (χ4v) is 2.85. The van der Waals surface area contributed by atoms with Crippen molar-refractivity contribution in [3.05, 3.63) is 11.9 Å². The van der Waals surface area contributed by atoms with Crippen molar-refractivity contribution in [2.45, 2.75) is 32.2 Å². The lowest BCUT2D eigenvalue weighted by molar-refractivity contribution is 0.418. The number of hydrogen-bond donors (Lipinski definition) is 1. The van der Waals surface area contributed by atoms with Gasteiger partial charge in [0.1, 0.15) is 0 Å². The van der Waals surface area contributed by atoms with Gasteiger partial charge in [-0.1, -0.05) is 6.92 Å². The highest BCUT2D eigenvalue weighted by atomic mass is 15.3. The van der Waals surface area contributed by atoms with E-state index in [2.05, 4.69) is 28.4 Å². The zero-order chi connectivity index (χ0) is 11.8. The van der Waals surface area contributed by atoms with Crippen molar-refractivity contribution in [1.82, 2.24) is 15.1 Å². The molecule has 1 unspecified atom stereocenters. The highest BCUT2D eigenvalue weighted by molar-refractivity contribution is 5.50. The average Bonchev–Trinajstić information content (AvgIpc) is 3.13. The van der Waals surface area contributed by atoms with Gasteiger partial charge >= 0.3 is 0 Å². The molecule has 2 heterocycles. The average molecular weight is 234 g/mol. The van der Waals surface area contributed by atoms with E-state index < -0.39 is 0 Å². The van der Waals surface area contributed by atoms with Gasteiger partial charge in [-0.2, -0.15) is 5.10 Å². The molecule has 3 rings (SSSR count). The van der Waals surface area contributed by atoms with Gasteiger partial charge in [-0.3, -0.25) is 4.68 Å². The molecule has 2 aliphatic rings. The van der Waals surface area contributed by atoms with Gasteiger partial charge in [0, 0.05) is 38.9 Å². The number of piperazine rings is 1. The summed E-state index contributed by atoms with van der Waals surface area (Å²) in [7, 11) is 2.02. The molecule has 1 aromatic heterocycles. The second kappa shape index (κ2) is 4.33. The van der Waals surface area contributed by atoms with Gasteiger partial charge < -0.3 is 10.2 Å². The van der Waals surface area contributed by atoms with Crippen molar-refractivity contribution in [1.29, 1.82) is 0 Å². The van der Waals surface area contributed by atoms with Crippen LogP contribution in [-0.4, -0.2) is 35.5 Å². The Kier molecular flexibility index (Phi) is 2.82. The van der Waals surface area contributed by atoms with Gasteiger partial charge in [0.2, 0.25) is 0 Å². The van der Waals surface area contributed by atoms with Crippen molar-refractivity contribution >= 4 is 5.69 Å². The maximum Gasteiger partial charge on any atom is 0.0855 e. The third kappa shape index (κ3) is 2.18. The minimum absolute atomic E-state index is 0.702. The van der Waals surface area contributed by atoms with Crippen molar-refractivity contribution in [3.63, 3.8) is 0 Å². The number of hydrogen-bond acceptors (Lipinski definition) is 3. The predicted molar refractivity (Wildman–Crippen MR) is 69.3 cm³/mol. The Morgan fingerprint density at radius 3 is 3.00 bits per heavy atom. The second-order valence-corrected chi connectivity index (χ2v) is 5.33. The van der Waals surface area contributed by atoms with Crippen LogP contribution >= 0.6 is 0 Å². The molecule has 0 aromatic carbocycles. The van der Waals surface area contributed by atoms with Crippen molar-refractivity contribution in [3.8, 4) is 0 Å². The van der Waals surface area contributed by atoms with E-state index in [4.69, 9.17) is 0 Å². The summed E-state index contributed by atoms with van der Waals surface area (Å²) in [6.45, 7) is 5.57. The molecule has 1 aliphatic heterocycles. The number of anilines is 1. The first-order valence-electron chi connectivity index (χ1n) is 6.78. The highest BCUT2D eigenvalue weighted by Crippen LogP contribution is 2.34. The smallest absolute Gasteiger partial charge is 0.0855 e. The fourth-order valence-electron chi connectivity index (χ4n) is 2.85. The summed E-state index contributed by atoms with van der Waals surface area (Å²) in [4.78, 5) is 2.52. The van der Waals surface area contributed by atoms with Gasteiger partial charge in [0.05, 0.1) is 11.4 Å². The van der Waals surface area contributed by atoms with E-state index in [1.165, 1.54) is 24.2 Å². The number of nitrogens with zero attached hydrogens (tertiary/aromatic N) is 3. The lowest BCUT2D eigenvalue weighted by Crippen LogP contribution is -2.51. The molecule has 1 N–H and O–H groups in total. The third-order valence-corrected chi connectivity index (χ3v) is 3.96. The lowest BCUT2D eigenvalue weighted by atomic mass is 10.1. The Labute approximate surface area is 103 Å². The molecule has 1 atom stereocenters. The molecule has 2 fully saturated rings. The van der Waals surface area contributed by atoms with Crippen LogP contribution in [0.15, 0.2) is 6.20 Å². The first-order valence-corrected chi connectivity index (χ1v) is 6.78. The molecule has 94 valence electrons. The molecular formula is C13H22N4. The summed E-state index contributed by atoms with van der Waals surface area (Å²) >= 11 is 0. The van der Waals surface area contributed by atoms with Crippen molar-refractivity contribution < 1.29 is 0 Å². The zero-order valence-electron chi connectivity index (χ0n) is 10.8. The lowest BCUT2D eigenvalue weighted by Gasteiger charge is -2.35. The van der Waals surface area contributed by atoms with E-state index in [0.29, 0.717) is 6.04 Å². The minimum atomic E-state index is 0.702. The summed E-state index contributed by atoms with van der Waals surface area (Å²) in [5.74, 6) is 0.930. The Balaban J connectivity index is 1.77. The van der Waals surface area contributed by atoms with Crippen molar-refractivity contribution in [2.24, 2.45) is 13.0 Å². The first-order chi connectivity index (χ1) is 8.28. The van der Waals surface area contributed by atoms with Crippen molar-refractivity contribution in [2.75, 3.05) is 24.5 Å². The molecule has 0 amide bonds. The van der Waals surface area contributed by atoms with Crippen LogP contribution in [0.4, 0.5) is 5.69 Å². The normalized spacial score (nSPS) is 25.3. The van der Waals surface area contributed by atoms with E-state index in [9.17, 15) is 0 Å². The molecule has 0 spiro atoms. The second-order valence-electron chi connectivity index (χ2n) is 5.33. The highest BCUT2D eigenvalue weighted by Gasteiger charge is 2.34. The molecule has 0 bridgehead atoms. The van der Waals surface area contributed by atoms with E-state index in [1.54, 1.807) is 0 Å². The molecule has 17 heavy (non-hydrogen) atoms. The number of aryl methyl sites for hydroxylation is 2. The van der Waals surface area contributed by atoms with Crippen LogP contribution in [-0.2, 0) is 13.5 Å². The van der Waals surface area contributed by atoms with Crippen LogP contribution in [0.2, 0.25) is 0 Å². The topological polar surface area (TPSA) is 33.1 Å². The van der Waals surface area contributed by atoms with E-state index in [0.717, 1.165) is 32.0 Å². The quantitative estimate of drug-likeness (QED) is 0.852. The minimum Gasteiger partial charge on any atom is -0.366 e. The Bertz CT molecular complexity index is 394. The van der Waals surface area contributed by atoms with Crippen LogP contribution in [0.1, 0.15) is 25.5 Å². The van der Waals surface area contributed by atoms with E-state index >= 15 is 0 Å². The molecule has 1 aromatic rings. The molecule has 0 radical (unpaired) electrons. The maximum absolute atomic E-state index is 4.54. The molecule has 1 saturated carbocycles. The molecule has 1 aliphatic carbocycles. The molecule has 4 nitrogen and oxygen atoms in total. The number of aromatic nitrogens is 2. The van der Waals surface area contributed by atoms with Crippen LogP contribution < -0.4 is 10.2 Å². The standard InChI is InChI=1S/C13H22N4/c1-3-11-13(9-16(2)15-11)17-7-6-14-12(8-17)10-4-5-10/h9-10,12,14H,3-8H2,1-2H3. The van der Waals surface area contributed by atoms with Gasteiger partial charge in [0.15, 0.2) is 0 Å². The van der Waals surface area contributed by atoms with E-state index in [-0.39, 0.29) is 0 Å².